The Morgan fingerprint density at radius 1 is 1.33 bits per heavy atom. The van der Waals surface area contributed by atoms with Crippen molar-refractivity contribution >= 4 is 11.4 Å². The van der Waals surface area contributed by atoms with Crippen molar-refractivity contribution in [1.82, 2.24) is 0 Å². The van der Waals surface area contributed by atoms with Crippen molar-refractivity contribution in [2.24, 2.45) is 0 Å². The molecule has 4 N–H and O–H groups in total. The number of ether oxygens (including phenoxy) is 1. The predicted molar refractivity (Wildman–Crippen MR) is 70.9 cm³/mol. The molecule has 1 aliphatic heterocycles. The number of anilines is 2. The lowest BCUT2D eigenvalue weighted by Gasteiger charge is -2.19. The Balaban J connectivity index is 2.14. The van der Waals surface area contributed by atoms with Crippen LogP contribution in [0.1, 0.15) is 13.3 Å². The van der Waals surface area contributed by atoms with Crippen LogP contribution in [-0.2, 0) is 0 Å². The molecule has 0 bridgehead atoms. The monoisotopic (exact) mass is 252 g/mol. The standard InChI is InChI=1S/C13H20N2O3/c1-2-5-18-13-6-9(3-4-10(13)14)15-7-11(16)12(17)8-15/h3-4,6,11-12,16-17H,2,5,7-8,14H2,1H3. The highest BCUT2D eigenvalue weighted by molar-refractivity contribution is 5.62. The van der Waals surface area contributed by atoms with E-state index in [0.29, 0.717) is 31.1 Å². The quantitative estimate of drug-likeness (QED) is 0.684. The summed E-state index contributed by atoms with van der Waals surface area (Å²) < 4.78 is 5.56. The van der Waals surface area contributed by atoms with E-state index in [2.05, 4.69) is 0 Å². The predicted octanol–water partition coefficient (Wildman–Crippen LogP) is 0.599. The molecular weight excluding hydrogens is 232 g/mol. The summed E-state index contributed by atoms with van der Waals surface area (Å²) in [6.45, 7) is 3.52. The Hall–Kier alpha value is -1.46. The number of nitrogens with two attached hydrogens (primary N) is 1. The molecule has 2 unspecified atom stereocenters. The second-order valence-electron chi connectivity index (χ2n) is 4.61. The van der Waals surface area contributed by atoms with Gasteiger partial charge < -0.3 is 25.6 Å². The average molecular weight is 252 g/mol. The van der Waals surface area contributed by atoms with Gasteiger partial charge in [-0.15, -0.1) is 0 Å². The summed E-state index contributed by atoms with van der Waals surface area (Å²) in [7, 11) is 0. The van der Waals surface area contributed by atoms with E-state index in [0.717, 1.165) is 12.1 Å². The molecule has 0 amide bonds. The third-order valence-electron chi connectivity index (χ3n) is 3.08. The molecule has 1 fully saturated rings. The van der Waals surface area contributed by atoms with Gasteiger partial charge in [-0.1, -0.05) is 6.92 Å². The van der Waals surface area contributed by atoms with Gasteiger partial charge in [-0.05, 0) is 18.6 Å². The zero-order chi connectivity index (χ0) is 13.1. The number of β-amino-alcohol motifs (C(OH)–C–C–N with tert-alkyl or cyclic N) is 2. The van der Waals surface area contributed by atoms with Crippen LogP contribution in [0.5, 0.6) is 5.75 Å². The van der Waals surface area contributed by atoms with Crippen molar-refractivity contribution in [3.63, 3.8) is 0 Å². The van der Waals surface area contributed by atoms with Gasteiger partial charge in [-0.2, -0.15) is 0 Å². The molecule has 0 aliphatic carbocycles. The van der Waals surface area contributed by atoms with Crippen LogP contribution in [0, 0.1) is 0 Å². The maximum Gasteiger partial charge on any atom is 0.144 e. The molecule has 0 radical (unpaired) electrons. The molecule has 2 atom stereocenters. The van der Waals surface area contributed by atoms with Crippen molar-refractivity contribution in [2.75, 3.05) is 30.3 Å². The maximum atomic E-state index is 9.55. The summed E-state index contributed by atoms with van der Waals surface area (Å²) in [6.07, 6.45) is -0.463. The van der Waals surface area contributed by atoms with Gasteiger partial charge in [-0.3, -0.25) is 0 Å². The van der Waals surface area contributed by atoms with E-state index in [4.69, 9.17) is 10.5 Å². The number of hydrogen-bond acceptors (Lipinski definition) is 5. The van der Waals surface area contributed by atoms with E-state index in [9.17, 15) is 10.2 Å². The van der Waals surface area contributed by atoms with Gasteiger partial charge in [0.25, 0.3) is 0 Å². The first-order valence-corrected chi connectivity index (χ1v) is 6.25. The Morgan fingerprint density at radius 3 is 2.61 bits per heavy atom. The minimum Gasteiger partial charge on any atom is -0.491 e. The summed E-state index contributed by atoms with van der Waals surface area (Å²) in [6, 6.07) is 5.52. The third-order valence-corrected chi connectivity index (χ3v) is 3.08. The van der Waals surface area contributed by atoms with Gasteiger partial charge in [0.05, 0.1) is 24.5 Å². The second kappa shape index (κ2) is 5.46. The highest BCUT2D eigenvalue weighted by Gasteiger charge is 2.29. The van der Waals surface area contributed by atoms with Gasteiger partial charge in [0, 0.05) is 24.8 Å². The molecule has 1 aromatic rings. The lowest BCUT2D eigenvalue weighted by atomic mass is 10.2. The number of nitrogens with zero attached hydrogens (tertiary/aromatic N) is 1. The van der Waals surface area contributed by atoms with Crippen LogP contribution >= 0.6 is 0 Å². The molecule has 1 heterocycles. The molecule has 0 spiro atoms. The SMILES string of the molecule is CCCOc1cc(N2CC(O)C(O)C2)ccc1N. The average Bonchev–Trinajstić information content (AvgIpc) is 2.69. The van der Waals surface area contributed by atoms with E-state index >= 15 is 0 Å². The van der Waals surface area contributed by atoms with Crippen molar-refractivity contribution < 1.29 is 14.9 Å². The first-order valence-electron chi connectivity index (χ1n) is 6.25. The van der Waals surface area contributed by atoms with Crippen LogP contribution in [0.25, 0.3) is 0 Å². The summed E-state index contributed by atoms with van der Waals surface area (Å²) in [5.74, 6) is 0.658. The summed E-state index contributed by atoms with van der Waals surface area (Å²) >= 11 is 0. The first kappa shape index (κ1) is 13.0. The molecule has 1 aliphatic rings. The van der Waals surface area contributed by atoms with Crippen LogP contribution in [0.15, 0.2) is 18.2 Å². The molecule has 5 nitrogen and oxygen atoms in total. The minimum absolute atomic E-state index is 0.429. The molecule has 0 aromatic heterocycles. The Bertz CT molecular complexity index is 401. The van der Waals surface area contributed by atoms with Crippen molar-refractivity contribution in [2.45, 2.75) is 25.6 Å². The van der Waals surface area contributed by atoms with E-state index in [1.54, 1.807) is 6.07 Å². The van der Waals surface area contributed by atoms with Gasteiger partial charge >= 0.3 is 0 Å². The zero-order valence-electron chi connectivity index (χ0n) is 10.5. The van der Waals surface area contributed by atoms with E-state index < -0.39 is 12.2 Å². The minimum atomic E-state index is -0.692. The molecule has 1 aromatic carbocycles. The molecule has 2 rings (SSSR count). The molecule has 18 heavy (non-hydrogen) atoms. The van der Waals surface area contributed by atoms with Gasteiger partial charge in [0.1, 0.15) is 5.75 Å². The largest absolute Gasteiger partial charge is 0.491 e. The Kier molecular flexibility index (Phi) is 3.93. The van der Waals surface area contributed by atoms with Crippen molar-refractivity contribution in [1.29, 1.82) is 0 Å². The highest BCUT2D eigenvalue weighted by Crippen LogP contribution is 2.29. The smallest absolute Gasteiger partial charge is 0.144 e. The fourth-order valence-corrected chi connectivity index (χ4v) is 2.04. The topological polar surface area (TPSA) is 79.0 Å². The van der Waals surface area contributed by atoms with Crippen LogP contribution in [0.4, 0.5) is 11.4 Å². The number of benzene rings is 1. The van der Waals surface area contributed by atoms with Crippen molar-refractivity contribution in [3.05, 3.63) is 18.2 Å². The number of hydrogen-bond donors (Lipinski definition) is 3. The summed E-state index contributed by atoms with van der Waals surface area (Å²) in [5, 5.41) is 19.1. The highest BCUT2D eigenvalue weighted by atomic mass is 16.5. The fourth-order valence-electron chi connectivity index (χ4n) is 2.04. The van der Waals surface area contributed by atoms with Gasteiger partial charge in [0.2, 0.25) is 0 Å². The van der Waals surface area contributed by atoms with E-state index in [1.165, 1.54) is 0 Å². The molecule has 5 heteroatoms. The lowest BCUT2D eigenvalue weighted by molar-refractivity contribution is 0.0572. The normalized spacial score (nSPS) is 23.4. The Morgan fingerprint density at radius 2 is 2.00 bits per heavy atom. The first-order chi connectivity index (χ1) is 8.61. The number of nitrogen functional groups attached to an aromatic ring is 1. The molecule has 1 saturated heterocycles. The fraction of sp³-hybridized carbons (Fsp3) is 0.538. The molecular formula is C13H20N2O3. The van der Waals surface area contributed by atoms with E-state index in [-0.39, 0.29) is 0 Å². The van der Waals surface area contributed by atoms with Crippen LogP contribution in [0.3, 0.4) is 0 Å². The Labute approximate surface area is 107 Å². The van der Waals surface area contributed by atoms with E-state index in [1.807, 2.05) is 24.0 Å². The van der Waals surface area contributed by atoms with Crippen molar-refractivity contribution in [3.8, 4) is 5.75 Å². The number of aliphatic hydroxyl groups excluding tert-OH is 2. The van der Waals surface area contributed by atoms with Crippen LogP contribution < -0.4 is 15.4 Å². The van der Waals surface area contributed by atoms with Gasteiger partial charge in [0.15, 0.2) is 0 Å². The third kappa shape index (κ3) is 2.68. The second-order valence-corrected chi connectivity index (χ2v) is 4.61. The summed E-state index contributed by atoms with van der Waals surface area (Å²) in [5.41, 5.74) is 7.35. The maximum absolute atomic E-state index is 9.55. The number of rotatable bonds is 4. The molecule has 100 valence electrons. The summed E-state index contributed by atoms with van der Waals surface area (Å²) in [4.78, 5) is 1.92. The number of aliphatic hydroxyl groups is 2. The molecule has 0 saturated carbocycles. The van der Waals surface area contributed by atoms with Crippen LogP contribution in [0.2, 0.25) is 0 Å². The zero-order valence-corrected chi connectivity index (χ0v) is 10.5. The lowest BCUT2D eigenvalue weighted by Crippen LogP contribution is -2.22. The van der Waals surface area contributed by atoms with Crippen LogP contribution in [-0.4, -0.2) is 42.1 Å². The van der Waals surface area contributed by atoms with Gasteiger partial charge in [-0.25, -0.2) is 0 Å².